The molecule has 1 heterocycles. The Morgan fingerprint density at radius 3 is 2.65 bits per heavy atom. The summed E-state index contributed by atoms with van der Waals surface area (Å²) in [6.45, 7) is 0.851. The van der Waals surface area contributed by atoms with Gasteiger partial charge in [0.15, 0.2) is 0 Å². The summed E-state index contributed by atoms with van der Waals surface area (Å²) in [5.74, 6) is 0.148. The van der Waals surface area contributed by atoms with E-state index in [4.69, 9.17) is 0 Å². The predicted octanol–water partition coefficient (Wildman–Crippen LogP) is 4.27. The zero-order valence-electron chi connectivity index (χ0n) is 11.1. The zero-order chi connectivity index (χ0) is 13.9. The second-order valence-electron chi connectivity index (χ2n) is 5.08. The molecule has 1 amide bonds. The number of carbonyl (C=O) groups is 1. The van der Waals surface area contributed by atoms with Gasteiger partial charge in [0.05, 0.1) is 6.04 Å². The third kappa shape index (κ3) is 2.73. The highest BCUT2D eigenvalue weighted by atomic mass is 127. The molecule has 0 saturated carbocycles. The lowest BCUT2D eigenvalue weighted by atomic mass is 10.0. The van der Waals surface area contributed by atoms with Crippen molar-refractivity contribution < 1.29 is 4.79 Å². The van der Waals surface area contributed by atoms with Crippen LogP contribution in [0.5, 0.6) is 0 Å². The van der Waals surface area contributed by atoms with Crippen molar-refractivity contribution in [3.8, 4) is 0 Å². The smallest absolute Gasteiger partial charge is 0.254 e. The molecule has 102 valence electrons. The fourth-order valence-corrected chi connectivity index (χ4v) is 3.36. The van der Waals surface area contributed by atoms with Crippen LogP contribution in [-0.2, 0) is 0 Å². The molecular weight excluding hydrogens is 361 g/mol. The lowest BCUT2D eigenvalue weighted by molar-refractivity contribution is 0.0735. The van der Waals surface area contributed by atoms with Crippen LogP contribution in [0.4, 0.5) is 0 Å². The van der Waals surface area contributed by atoms with Crippen LogP contribution in [0.3, 0.4) is 0 Å². The molecule has 0 aromatic heterocycles. The number of hydrogen-bond donors (Lipinski definition) is 0. The van der Waals surface area contributed by atoms with Crippen molar-refractivity contribution in [3.63, 3.8) is 0 Å². The first-order valence-corrected chi connectivity index (χ1v) is 7.95. The Balaban J connectivity index is 1.87. The molecule has 1 atom stereocenters. The lowest BCUT2D eigenvalue weighted by Crippen LogP contribution is -2.30. The molecule has 2 aromatic carbocycles. The van der Waals surface area contributed by atoms with Crippen LogP contribution in [-0.4, -0.2) is 17.4 Å². The zero-order valence-corrected chi connectivity index (χ0v) is 13.3. The van der Waals surface area contributed by atoms with Crippen molar-refractivity contribution in [2.45, 2.75) is 18.9 Å². The third-order valence-corrected chi connectivity index (χ3v) is 4.44. The number of carbonyl (C=O) groups excluding carboxylic acids is 1. The Kier molecular flexibility index (Phi) is 4.05. The number of nitrogens with zero attached hydrogens (tertiary/aromatic N) is 1. The van der Waals surface area contributed by atoms with E-state index in [9.17, 15) is 4.79 Å². The van der Waals surface area contributed by atoms with Crippen LogP contribution in [0.2, 0.25) is 0 Å². The van der Waals surface area contributed by atoms with Gasteiger partial charge in [0.2, 0.25) is 0 Å². The van der Waals surface area contributed by atoms with E-state index in [1.807, 2.05) is 47.4 Å². The molecule has 3 heteroatoms. The Hall–Kier alpha value is -1.36. The van der Waals surface area contributed by atoms with Crippen LogP contribution < -0.4 is 0 Å². The van der Waals surface area contributed by atoms with Crippen molar-refractivity contribution in [3.05, 3.63) is 69.3 Å². The molecule has 0 aliphatic carbocycles. The standard InChI is InChI=1S/C17H16INO/c18-15-9-4-8-14(12-15)17(20)19-11-5-10-16(19)13-6-2-1-3-7-13/h1-4,6-9,12,16H,5,10-11H2/t16-/m0/s1. The minimum Gasteiger partial charge on any atom is -0.332 e. The third-order valence-electron chi connectivity index (χ3n) is 3.77. The van der Waals surface area contributed by atoms with E-state index >= 15 is 0 Å². The van der Waals surface area contributed by atoms with E-state index in [0.29, 0.717) is 0 Å². The molecule has 1 fully saturated rings. The summed E-state index contributed by atoms with van der Waals surface area (Å²) in [6.07, 6.45) is 2.13. The fraction of sp³-hybridized carbons (Fsp3) is 0.235. The van der Waals surface area contributed by atoms with Crippen LogP contribution >= 0.6 is 22.6 Å². The number of likely N-dealkylation sites (tertiary alicyclic amines) is 1. The minimum atomic E-state index is 0.148. The van der Waals surface area contributed by atoms with E-state index in [1.165, 1.54) is 5.56 Å². The van der Waals surface area contributed by atoms with Gasteiger partial charge in [0.25, 0.3) is 5.91 Å². The molecule has 0 unspecified atom stereocenters. The highest BCUT2D eigenvalue weighted by Crippen LogP contribution is 2.33. The molecule has 1 aliphatic heterocycles. The Bertz CT molecular complexity index is 611. The molecule has 2 aromatic rings. The quantitative estimate of drug-likeness (QED) is 0.716. The van der Waals surface area contributed by atoms with Gasteiger partial charge in [-0.25, -0.2) is 0 Å². The van der Waals surface area contributed by atoms with Gasteiger partial charge in [-0.15, -0.1) is 0 Å². The molecule has 0 N–H and O–H groups in total. The normalized spacial score (nSPS) is 18.2. The summed E-state index contributed by atoms with van der Waals surface area (Å²) in [5, 5.41) is 0. The summed E-state index contributed by atoms with van der Waals surface area (Å²) in [6, 6.07) is 18.4. The molecule has 0 spiro atoms. The van der Waals surface area contributed by atoms with Gasteiger partial charge >= 0.3 is 0 Å². The van der Waals surface area contributed by atoms with Crippen LogP contribution in [0.25, 0.3) is 0 Å². The highest BCUT2D eigenvalue weighted by molar-refractivity contribution is 14.1. The molecule has 0 bridgehead atoms. The first-order chi connectivity index (χ1) is 9.75. The number of halogens is 1. The van der Waals surface area contributed by atoms with Crippen LogP contribution in [0.15, 0.2) is 54.6 Å². The average Bonchev–Trinajstić information content (AvgIpc) is 2.97. The predicted molar refractivity (Wildman–Crippen MR) is 88.6 cm³/mol. The van der Waals surface area contributed by atoms with E-state index in [1.54, 1.807) is 0 Å². The summed E-state index contributed by atoms with van der Waals surface area (Å²) < 4.78 is 1.10. The minimum absolute atomic E-state index is 0.148. The van der Waals surface area contributed by atoms with Crippen LogP contribution in [0, 0.1) is 3.57 Å². The molecule has 1 aliphatic rings. The van der Waals surface area contributed by atoms with Gasteiger partial charge in [0, 0.05) is 15.7 Å². The van der Waals surface area contributed by atoms with Crippen molar-refractivity contribution in [1.29, 1.82) is 0 Å². The fourth-order valence-electron chi connectivity index (χ4n) is 2.82. The number of amides is 1. The number of hydrogen-bond acceptors (Lipinski definition) is 1. The topological polar surface area (TPSA) is 20.3 Å². The van der Waals surface area contributed by atoms with Crippen molar-refractivity contribution >= 4 is 28.5 Å². The molecule has 0 radical (unpaired) electrons. The monoisotopic (exact) mass is 377 g/mol. The SMILES string of the molecule is O=C(c1cccc(I)c1)N1CCC[C@H]1c1ccccc1. The number of rotatable bonds is 2. The summed E-state index contributed by atoms with van der Waals surface area (Å²) >= 11 is 2.25. The summed E-state index contributed by atoms with van der Waals surface area (Å²) in [7, 11) is 0. The van der Waals surface area contributed by atoms with Crippen LogP contribution in [0.1, 0.15) is 34.8 Å². The van der Waals surface area contributed by atoms with E-state index in [0.717, 1.165) is 28.5 Å². The molecule has 3 rings (SSSR count). The largest absolute Gasteiger partial charge is 0.332 e. The molecule has 20 heavy (non-hydrogen) atoms. The second-order valence-corrected chi connectivity index (χ2v) is 6.32. The van der Waals surface area contributed by atoms with Crippen molar-refractivity contribution in [2.24, 2.45) is 0 Å². The van der Waals surface area contributed by atoms with Gasteiger partial charge in [-0.3, -0.25) is 4.79 Å². The van der Waals surface area contributed by atoms with Gasteiger partial charge in [-0.1, -0.05) is 36.4 Å². The van der Waals surface area contributed by atoms with E-state index < -0.39 is 0 Å². The Labute approximate surface area is 132 Å². The van der Waals surface area contributed by atoms with Gasteiger partial charge < -0.3 is 4.90 Å². The Morgan fingerprint density at radius 1 is 1.10 bits per heavy atom. The Morgan fingerprint density at radius 2 is 1.90 bits per heavy atom. The van der Waals surface area contributed by atoms with E-state index in [-0.39, 0.29) is 11.9 Å². The number of benzene rings is 2. The van der Waals surface area contributed by atoms with Gasteiger partial charge in [-0.05, 0) is 59.2 Å². The summed E-state index contributed by atoms with van der Waals surface area (Å²) in [5.41, 5.74) is 2.03. The maximum absolute atomic E-state index is 12.7. The first kappa shape index (κ1) is 13.6. The van der Waals surface area contributed by atoms with Gasteiger partial charge in [0.1, 0.15) is 0 Å². The highest BCUT2D eigenvalue weighted by Gasteiger charge is 2.30. The first-order valence-electron chi connectivity index (χ1n) is 6.87. The maximum Gasteiger partial charge on any atom is 0.254 e. The van der Waals surface area contributed by atoms with Crippen molar-refractivity contribution in [1.82, 2.24) is 4.90 Å². The average molecular weight is 377 g/mol. The van der Waals surface area contributed by atoms with Gasteiger partial charge in [-0.2, -0.15) is 0 Å². The maximum atomic E-state index is 12.7. The van der Waals surface area contributed by atoms with Crippen molar-refractivity contribution in [2.75, 3.05) is 6.54 Å². The lowest BCUT2D eigenvalue weighted by Gasteiger charge is -2.25. The molecule has 1 saturated heterocycles. The second kappa shape index (κ2) is 5.95. The van der Waals surface area contributed by atoms with E-state index in [2.05, 4.69) is 34.7 Å². The summed E-state index contributed by atoms with van der Waals surface area (Å²) in [4.78, 5) is 14.7. The molecular formula is C17H16INO. The molecule has 2 nitrogen and oxygen atoms in total.